The number of halogens is 1. The second-order valence-electron chi connectivity index (χ2n) is 6.72. The molecule has 8 nitrogen and oxygen atoms in total. The number of benzene rings is 2. The number of thioether (sulfide) groups is 1. The minimum absolute atomic E-state index is 0.0731. The van der Waals surface area contributed by atoms with Crippen LogP contribution in [0.1, 0.15) is 23.5 Å². The standard InChI is InChI=1S/C21H17ClN4O4S/c1-12-16(22)6-4-7-17(12)24-20(28)11-31-21-15(10-23)14(9-19(27)25-21)13-5-2-3-8-18(13)26(29)30/h2-8,14H,9,11H2,1H3,(H,24,28)(H,25,27)/t14-/m1/s1. The van der Waals surface area contributed by atoms with E-state index in [0.29, 0.717) is 10.7 Å². The van der Waals surface area contributed by atoms with Gasteiger partial charge in [-0.15, -0.1) is 0 Å². The van der Waals surface area contributed by atoms with Crippen LogP contribution in [0.3, 0.4) is 0 Å². The van der Waals surface area contributed by atoms with Crippen LogP contribution in [0.15, 0.2) is 53.1 Å². The van der Waals surface area contributed by atoms with Gasteiger partial charge in [0.05, 0.1) is 27.3 Å². The first-order valence-corrected chi connectivity index (χ1v) is 10.5. The molecule has 1 atom stereocenters. The molecule has 0 aromatic heterocycles. The highest BCUT2D eigenvalue weighted by atomic mass is 35.5. The summed E-state index contributed by atoms with van der Waals surface area (Å²) < 4.78 is 0. The summed E-state index contributed by atoms with van der Waals surface area (Å²) in [4.78, 5) is 35.5. The van der Waals surface area contributed by atoms with Crippen molar-refractivity contribution < 1.29 is 14.5 Å². The van der Waals surface area contributed by atoms with Gasteiger partial charge in [-0.2, -0.15) is 5.26 Å². The highest BCUT2D eigenvalue weighted by molar-refractivity contribution is 8.03. The SMILES string of the molecule is Cc1c(Cl)cccc1NC(=O)CSC1=C(C#N)[C@@H](c2ccccc2[N+](=O)[O-])CC(=O)N1. The van der Waals surface area contributed by atoms with Gasteiger partial charge in [0.15, 0.2) is 0 Å². The van der Waals surface area contributed by atoms with Crippen LogP contribution in [0.2, 0.25) is 5.02 Å². The van der Waals surface area contributed by atoms with Gasteiger partial charge in [-0.25, -0.2) is 0 Å². The van der Waals surface area contributed by atoms with Crippen LogP contribution < -0.4 is 10.6 Å². The Morgan fingerprint density at radius 2 is 2.10 bits per heavy atom. The quantitative estimate of drug-likeness (QED) is 0.494. The molecule has 1 aliphatic heterocycles. The largest absolute Gasteiger partial charge is 0.325 e. The van der Waals surface area contributed by atoms with E-state index in [2.05, 4.69) is 16.7 Å². The summed E-state index contributed by atoms with van der Waals surface area (Å²) in [6.07, 6.45) is -0.0916. The Bertz CT molecular complexity index is 1140. The fraction of sp³-hybridized carbons (Fsp3) is 0.190. The van der Waals surface area contributed by atoms with Crippen molar-refractivity contribution in [1.82, 2.24) is 5.32 Å². The minimum atomic E-state index is -0.763. The molecule has 0 aliphatic carbocycles. The maximum absolute atomic E-state index is 12.4. The Labute approximate surface area is 187 Å². The van der Waals surface area contributed by atoms with Gasteiger partial charge in [0.2, 0.25) is 11.8 Å². The summed E-state index contributed by atoms with van der Waals surface area (Å²) >= 11 is 7.06. The number of nitro benzene ring substituents is 1. The Morgan fingerprint density at radius 1 is 1.35 bits per heavy atom. The number of hydrogen-bond acceptors (Lipinski definition) is 6. The Morgan fingerprint density at radius 3 is 2.81 bits per heavy atom. The van der Waals surface area contributed by atoms with E-state index < -0.39 is 10.8 Å². The second kappa shape index (κ2) is 9.64. The molecule has 2 aromatic rings. The molecule has 0 fully saturated rings. The summed E-state index contributed by atoms with van der Waals surface area (Å²) in [5, 5.41) is 27.2. The molecule has 31 heavy (non-hydrogen) atoms. The van der Waals surface area contributed by atoms with Crippen molar-refractivity contribution in [2.75, 3.05) is 11.1 Å². The lowest BCUT2D eigenvalue weighted by molar-refractivity contribution is -0.385. The smallest absolute Gasteiger partial charge is 0.273 e. The zero-order valence-electron chi connectivity index (χ0n) is 16.3. The van der Waals surface area contributed by atoms with Crippen molar-refractivity contribution in [3.63, 3.8) is 0 Å². The Hall–Kier alpha value is -3.35. The van der Waals surface area contributed by atoms with Gasteiger partial charge in [0, 0.05) is 34.7 Å². The molecule has 1 aliphatic rings. The average Bonchev–Trinajstić information content (AvgIpc) is 2.75. The molecule has 3 rings (SSSR count). The number of carbonyl (C=O) groups is 2. The summed E-state index contributed by atoms with van der Waals surface area (Å²) in [7, 11) is 0. The van der Waals surface area contributed by atoms with Gasteiger partial charge in [-0.3, -0.25) is 19.7 Å². The molecule has 0 radical (unpaired) electrons. The van der Waals surface area contributed by atoms with Crippen molar-refractivity contribution in [2.45, 2.75) is 19.3 Å². The first kappa shape index (κ1) is 22.3. The third-order valence-electron chi connectivity index (χ3n) is 4.75. The molecule has 10 heteroatoms. The van der Waals surface area contributed by atoms with Gasteiger partial charge in [0.25, 0.3) is 5.69 Å². The fourth-order valence-corrected chi connectivity index (χ4v) is 4.27. The number of allylic oxidation sites excluding steroid dienone is 1. The molecule has 2 aromatic carbocycles. The van der Waals surface area contributed by atoms with Crippen LogP contribution in [0, 0.1) is 28.4 Å². The second-order valence-corrected chi connectivity index (χ2v) is 8.12. The molecular formula is C21H17ClN4O4S. The predicted molar refractivity (Wildman–Crippen MR) is 119 cm³/mol. The lowest BCUT2D eigenvalue weighted by atomic mass is 9.86. The molecule has 1 heterocycles. The number of anilines is 1. The number of hydrogen-bond donors (Lipinski definition) is 2. The van der Waals surface area contributed by atoms with Crippen molar-refractivity contribution in [1.29, 1.82) is 5.26 Å². The number of amides is 2. The molecule has 0 unspecified atom stereocenters. The topological polar surface area (TPSA) is 125 Å². The van der Waals surface area contributed by atoms with Crippen LogP contribution in [-0.2, 0) is 9.59 Å². The number of nitro groups is 1. The normalized spacial score (nSPS) is 15.8. The Balaban J connectivity index is 1.83. The molecule has 0 saturated heterocycles. The average molecular weight is 457 g/mol. The highest BCUT2D eigenvalue weighted by Gasteiger charge is 2.33. The van der Waals surface area contributed by atoms with Crippen LogP contribution in [0.4, 0.5) is 11.4 Å². The summed E-state index contributed by atoms with van der Waals surface area (Å²) in [5.41, 5.74) is 1.61. The maximum atomic E-state index is 12.4. The Kier molecular flexibility index (Phi) is 6.95. The third kappa shape index (κ3) is 5.05. The summed E-state index contributed by atoms with van der Waals surface area (Å²) in [6, 6.07) is 13.2. The number of nitrogens with one attached hydrogen (secondary N) is 2. The summed E-state index contributed by atoms with van der Waals surface area (Å²) in [6.45, 7) is 1.78. The molecule has 0 saturated carbocycles. The van der Waals surface area contributed by atoms with E-state index in [1.54, 1.807) is 31.2 Å². The fourth-order valence-electron chi connectivity index (χ4n) is 3.21. The first-order chi connectivity index (χ1) is 14.8. The number of para-hydroxylation sites is 1. The molecule has 2 amide bonds. The monoisotopic (exact) mass is 456 g/mol. The predicted octanol–water partition coefficient (Wildman–Crippen LogP) is 4.27. The highest BCUT2D eigenvalue weighted by Crippen LogP contribution is 2.39. The lowest BCUT2D eigenvalue weighted by Gasteiger charge is -2.24. The summed E-state index contributed by atoms with van der Waals surface area (Å²) in [5.74, 6) is -1.56. The minimum Gasteiger partial charge on any atom is -0.325 e. The third-order valence-corrected chi connectivity index (χ3v) is 6.18. The van der Waals surface area contributed by atoms with Gasteiger partial charge in [-0.1, -0.05) is 47.6 Å². The van der Waals surface area contributed by atoms with Crippen molar-refractivity contribution >= 4 is 46.6 Å². The molecule has 0 bridgehead atoms. The maximum Gasteiger partial charge on any atom is 0.273 e. The zero-order chi connectivity index (χ0) is 22.5. The number of nitrogens with zero attached hydrogens (tertiary/aromatic N) is 2. The van der Waals surface area contributed by atoms with E-state index in [-0.39, 0.29) is 45.8 Å². The van der Waals surface area contributed by atoms with Crippen LogP contribution >= 0.6 is 23.4 Å². The van der Waals surface area contributed by atoms with Crippen LogP contribution in [0.5, 0.6) is 0 Å². The van der Waals surface area contributed by atoms with Crippen molar-refractivity contribution in [3.05, 3.63) is 79.3 Å². The van der Waals surface area contributed by atoms with E-state index in [9.17, 15) is 25.0 Å². The van der Waals surface area contributed by atoms with Gasteiger partial charge >= 0.3 is 0 Å². The van der Waals surface area contributed by atoms with Gasteiger partial charge in [-0.05, 0) is 24.6 Å². The number of nitriles is 1. The zero-order valence-corrected chi connectivity index (χ0v) is 17.9. The van der Waals surface area contributed by atoms with Crippen molar-refractivity contribution in [2.24, 2.45) is 0 Å². The first-order valence-electron chi connectivity index (χ1n) is 9.17. The van der Waals surface area contributed by atoms with E-state index in [4.69, 9.17) is 11.6 Å². The van der Waals surface area contributed by atoms with Crippen LogP contribution in [-0.4, -0.2) is 22.5 Å². The molecule has 2 N–H and O–H groups in total. The number of carbonyl (C=O) groups excluding carboxylic acids is 2. The van der Waals surface area contributed by atoms with E-state index >= 15 is 0 Å². The van der Waals surface area contributed by atoms with Gasteiger partial charge < -0.3 is 10.6 Å². The van der Waals surface area contributed by atoms with Crippen molar-refractivity contribution in [3.8, 4) is 6.07 Å². The number of rotatable bonds is 6. The van der Waals surface area contributed by atoms with Crippen LogP contribution in [0.25, 0.3) is 0 Å². The molecule has 0 spiro atoms. The molecule has 158 valence electrons. The van der Waals surface area contributed by atoms with E-state index in [1.807, 2.05) is 0 Å². The van der Waals surface area contributed by atoms with Gasteiger partial charge in [0.1, 0.15) is 0 Å². The van der Waals surface area contributed by atoms with E-state index in [1.165, 1.54) is 18.2 Å². The van der Waals surface area contributed by atoms with E-state index in [0.717, 1.165) is 17.3 Å². The molecular weight excluding hydrogens is 440 g/mol. The lowest BCUT2D eigenvalue weighted by Crippen LogP contribution is -2.31.